The van der Waals surface area contributed by atoms with Crippen LogP contribution in [-0.2, 0) is 0 Å². The van der Waals surface area contributed by atoms with E-state index in [4.69, 9.17) is 5.11 Å². The van der Waals surface area contributed by atoms with E-state index in [1.807, 2.05) is 19.1 Å². The molecule has 0 fully saturated rings. The van der Waals surface area contributed by atoms with Gasteiger partial charge in [0, 0.05) is 35.1 Å². The molecule has 0 saturated carbocycles. The summed E-state index contributed by atoms with van der Waals surface area (Å²) in [5.41, 5.74) is 2.85. The molecule has 0 aliphatic heterocycles. The van der Waals surface area contributed by atoms with Gasteiger partial charge in [-0.15, -0.1) is 0 Å². The molecule has 4 heteroatoms. The largest absolute Gasteiger partial charge is 0.395 e. The molecule has 0 aliphatic carbocycles. The Labute approximate surface area is 123 Å². The fraction of sp³-hybridized carbons (Fsp3) is 0.176. The molecule has 1 amide bonds. The number of rotatable bonds is 3. The van der Waals surface area contributed by atoms with Gasteiger partial charge in [-0.05, 0) is 37.3 Å². The van der Waals surface area contributed by atoms with Gasteiger partial charge in [-0.1, -0.05) is 17.9 Å². The minimum absolute atomic E-state index is 0.0363. The van der Waals surface area contributed by atoms with Crippen molar-refractivity contribution in [2.75, 3.05) is 11.9 Å². The molecule has 0 atom stereocenters. The van der Waals surface area contributed by atoms with Crippen LogP contribution in [0.1, 0.15) is 28.0 Å². The molecule has 1 aromatic heterocycles. The molecule has 2 N–H and O–H groups in total. The van der Waals surface area contributed by atoms with Gasteiger partial charge in [0.2, 0.25) is 0 Å². The number of carbonyl (C=O) groups excluding carboxylic acids is 1. The number of aliphatic hydroxyl groups is 1. The second kappa shape index (κ2) is 7.22. The van der Waals surface area contributed by atoms with Crippen LogP contribution in [0.4, 0.5) is 5.69 Å². The normalized spacial score (nSPS) is 9.62. The minimum atomic E-state index is -0.189. The van der Waals surface area contributed by atoms with Crippen LogP contribution in [0.2, 0.25) is 0 Å². The second-order valence-electron chi connectivity index (χ2n) is 4.50. The fourth-order valence-electron chi connectivity index (χ4n) is 1.79. The number of nitrogens with zero attached hydrogens (tertiary/aromatic N) is 1. The lowest BCUT2D eigenvalue weighted by molar-refractivity contribution is 0.102. The third-order valence-electron chi connectivity index (χ3n) is 2.75. The van der Waals surface area contributed by atoms with Crippen LogP contribution >= 0.6 is 0 Å². The van der Waals surface area contributed by atoms with Crippen LogP contribution < -0.4 is 5.32 Å². The summed E-state index contributed by atoms with van der Waals surface area (Å²) in [4.78, 5) is 16.3. The zero-order valence-electron chi connectivity index (χ0n) is 11.8. The first-order chi connectivity index (χ1) is 10.2. The maximum absolute atomic E-state index is 12.2. The number of aryl methyl sites for hydroxylation is 1. The summed E-state index contributed by atoms with van der Waals surface area (Å²) < 4.78 is 0. The van der Waals surface area contributed by atoms with Gasteiger partial charge < -0.3 is 10.4 Å². The van der Waals surface area contributed by atoms with Gasteiger partial charge in [-0.2, -0.15) is 0 Å². The van der Waals surface area contributed by atoms with Gasteiger partial charge in [0.25, 0.3) is 5.91 Å². The molecule has 0 saturated heterocycles. The quantitative estimate of drug-likeness (QED) is 0.849. The van der Waals surface area contributed by atoms with Gasteiger partial charge in [0.05, 0.1) is 6.61 Å². The predicted octanol–water partition coefficient (Wildman–Crippen LogP) is 2.38. The third-order valence-corrected chi connectivity index (χ3v) is 2.75. The zero-order chi connectivity index (χ0) is 15.1. The molecule has 1 aromatic carbocycles. The first-order valence-corrected chi connectivity index (χ1v) is 6.63. The van der Waals surface area contributed by atoms with Crippen LogP contribution in [0.3, 0.4) is 0 Å². The number of aromatic nitrogens is 1. The number of amides is 1. The van der Waals surface area contributed by atoms with Crippen molar-refractivity contribution in [3.8, 4) is 11.8 Å². The molecule has 1 heterocycles. The summed E-state index contributed by atoms with van der Waals surface area (Å²) in [6.45, 7) is 1.90. The van der Waals surface area contributed by atoms with Crippen LogP contribution in [-0.4, -0.2) is 22.6 Å². The molecule has 0 spiro atoms. The first-order valence-electron chi connectivity index (χ1n) is 6.63. The van der Waals surface area contributed by atoms with E-state index in [0.717, 1.165) is 11.3 Å². The monoisotopic (exact) mass is 280 g/mol. The molecule has 2 aromatic rings. The summed E-state index contributed by atoms with van der Waals surface area (Å²) in [6.07, 6.45) is 2.08. The highest BCUT2D eigenvalue weighted by atomic mass is 16.2. The number of aliphatic hydroxyl groups excluding tert-OH is 1. The van der Waals surface area contributed by atoms with Crippen molar-refractivity contribution >= 4 is 11.6 Å². The number of nitrogens with one attached hydrogen (secondary N) is 1. The Balaban J connectivity index is 2.13. The SMILES string of the molecule is Cc1cc(NC(=O)c2cccc(C#CCCO)c2)ccn1. The summed E-state index contributed by atoms with van der Waals surface area (Å²) in [7, 11) is 0. The standard InChI is InChI=1S/C17H16N2O2/c1-13-11-16(8-9-18-13)19-17(21)15-7-4-6-14(12-15)5-2-3-10-20/h4,6-9,11-12,20H,3,10H2,1H3,(H,18,19,21). The first kappa shape index (κ1) is 14.8. The molecule has 0 radical (unpaired) electrons. The van der Waals surface area contributed by atoms with Gasteiger partial charge in [-0.25, -0.2) is 0 Å². The van der Waals surface area contributed by atoms with Gasteiger partial charge in [0.15, 0.2) is 0 Å². The number of hydrogen-bond donors (Lipinski definition) is 2. The predicted molar refractivity (Wildman–Crippen MR) is 82.0 cm³/mol. The molecule has 0 aliphatic rings. The second-order valence-corrected chi connectivity index (χ2v) is 4.50. The van der Waals surface area contributed by atoms with Gasteiger partial charge in [-0.3, -0.25) is 9.78 Å². The summed E-state index contributed by atoms with van der Waals surface area (Å²) in [5, 5.41) is 11.5. The average Bonchev–Trinajstić information content (AvgIpc) is 2.48. The fourth-order valence-corrected chi connectivity index (χ4v) is 1.79. The minimum Gasteiger partial charge on any atom is -0.395 e. The smallest absolute Gasteiger partial charge is 0.255 e. The lowest BCUT2D eigenvalue weighted by Crippen LogP contribution is -2.12. The Morgan fingerprint density at radius 1 is 1.33 bits per heavy atom. The highest BCUT2D eigenvalue weighted by molar-refractivity contribution is 6.04. The molecule has 2 rings (SSSR count). The van der Waals surface area contributed by atoms with Crippen LogP contribution in [0.25, 0.3) is 0 Å². The van der Waals surface area contributed by atoms with E-state index < -0.39 is 0 Å². The number of hydrogen-bond acceptors (Lipinski definition) is 3. The molecule has 106 valence electrons. The molecule has 4 nitrogen and oxygen atoms in total. The van der Waals surface area contributed by atoms with E-state index >= 15 is 0 Å². The summed E-state index contributed by atoms with van der Waals surface area (Å²) in [5.74, 6) is 5.56. The lowest BCUT2D eigenvalue weighted by Gasteiger charge is -2.06. The lowest BCUT2D eigenvalue weighted by atomic mass is 10.1. The number of benzene rings is 1. The molecular weight excluding hydrogens is 264 g/mol. The van der Waals surface area contributed by atoms with Crippen molar-refractivity contribution in [2.45, 2.75) is 13.3 Å². The zero-order valence-corrected chi connectivity index (χ0v) is 11.8. The molecule has 0 bridgehead atoms. The van der Waals surface area contributed by atoms with Crippen LogP contribution in [0, 0.1) is 18.8 Å². The number of anilines is 1. The molecule has 0 unspecified atom stereocenters. The van der Waals surface area contributed by atoms with Crippen molar-refractivity contribution < 1.29 is 9.90 Å². The maximum atomic E-state index is 12.2. The highest BCUT2D eigenvalue weighted by Crippen LogP contribution is 2.11. The maximum Gasteiger partial charge on any atom is 0.255 e. The van der Waals surface area contributed by atoms with Crippen molar-refractivity contribution in [2.24, 2.45) is 0 Å². The van der Waals surface area contributed by atoms with E-state index in [0.29, 0.717) is 17.7 Å². The van der Waals surface area contributed by atoms with Gasteiger partial charge >= 0.3 is 0 Å². The van der Waals surface area contributed by atoms with E-state index in [-0.39, 0.29) is 12.5 Å². The number of carbonyl (C=O) groups is 1. The average molecular weight is 280 g/mol. The van der Waals surface area contributed by atoms with E-state index in [1.165, 1.54) is 0 Å². The Hall–Kier alpha value is -2.64. The number of pyridine rings is 1. The Bertz CT molecular complexity index is 699. The van der Waals surface area contributed by atoms with Gasteiger partial charge in [0.1, 0.15) is 0 Å². The summed E-state index contributed by atoms with van der Waals surface area (Å²) in [6, 6.07) is 10.6. The van der Waals surface area contributed by atoms with Crippen molar-refractivity contribution in [3.63, 3.8) is 0 Å². The Morgan fingerprint density at radius 3 is 2.95 bits per heavy atom. The van der Waals surface area contributed by atoms with E-state index in [9.17, 15) is 4.79 Å². The topological polar surface area (TPSA) is 62.2 Å². The van der Waals surface area contributed by atoms with Crippen LogP contribution in [0.15, 0.2) is 42.6 Å². The Morgan fingerprint density at radius 2 is 2.19 bits per heavy atom. The van der Waals surface area contributed by atoms with E-state index in [2.05, 4.69) is 22.1 Å². The van der Waals surface area contributed by atoms with Crippen molar-refractivity contribution in [1.29, 1.82) is 0 Å². The van der Waals surface area contributed by atoms with Crippen molar-refractivity contribution in [1.82, 2.24) is 4.98 Å². The summed E-state index contributed by atoms with van der Waals surface area (Å²) >= 11 is 0. The van der Waals surface area contributed by atoms with Crippen LogP contribution in [0.5, 0.6) is 0 Å². The third kappa shape index (κ3) is 4.44. The molecular formula is C17H16N2O2. The van der Waals surface area contributed by atoms with Crippen molar-refractivity contribution in [3.05, 3.63) is 59.4 Å². The van der Waals surface area contributed by atoms with E-state index in [1.54, 1.807) is 30.5 Å². The Kier molecular flexibility index (Phi) is 5.08. The highest BCUT2D eigenvalue weighted by Gasteiger charge is 2.06. The molecule has 21 heavy (non-hydrogen) atoms.